The standard InChI is InChI=1S/C19H32F3N5/c1-4-23-18(26(3)14-17-6-5-11-25(17)2)24-10-7-16-8-12-27(13-9-16)15-19(20,21)22/h5-6,11,16H,4,7-10,12-15H2,1-3H3,(H,23,24). The number of aliphatic imine (C=N–C) groups is 1. The van der Waals surface area contributed by atoms with Crippen molar-refractivity contribution in [2.45, 2.75) is 38.9 Å². The Bertz CT molecular complexity index is 588. The normalized spacial score (nSPS) is 17.3. The van der Waals surface area contributed by atoms with E-state index in [1.165, 1.54) is 10.6 Å². The molecule has 5 nitrogen and oxygen atoms in total. The van der Waals surface area contributed by atoms with Crippen molar-refractivity contribution in [2.75, 3.05) is 39.8 Å². The Morgan fingerprint density at radius 1 is 1.33 bits per heavy atom. The number of nitrogens with one attached hydrogen (secondary N) is 1. The lowest BCUT2D eigenvalue weighted by atomic mass is 9.93. The largest absolute Gasteiger partial charge is 0.401 e. The molecule has 0 aliphatic carbocycles. The molecule has 1 N–H and O–H groups in total. The fourth-order valence-electron chi connectivity index (χ4n) is 3.49. The molecule has 1 aromatic rings. The van der Waals surface area contributed by atoms with Crippen molar-refractivity contribution in [2.24, 2.45) is 18.0 Å². The molecule has 1 aliphatic heterocycles. The molecule has 8 heteroatoms. The van der Waals surface area contributed by atoms with Crippen molar-refractivity contribution in [3.63, 3.8) is 0 Å². The Morgan fingerprint density at radius 3 is 2.59 bits per heavy atom. The summed E-state index contributed by atoms with van der Waals surface area (Å²) in [5.41, 5.74) is 1.21. The van der Waals surface area contributed by atoms with Crippen LogP contribution in [0.1, 0.15) is 31.9 Å². The van der Waals surface area contributed by atoms with Gasteiger partial charge in [-0.3, -0.25) is 9.89 Å². The van der Waals surface area contributed by atoms with E-state index >= 15 is 0 Å². The van der Waals surface area contributed by atoms with Gasteiger partial charge < -0.3 is 14.8 Å². The Hall–Kier alpha value is -1.70. The first-order chi connectivity index (χ1) is 12.8. The highest BCUT2D eigenvalue weighted by atomic mass is 19.4. The number of hydrogen-bond donors (Lipinski definition) is 1. The fourth-order valence-corrected chi connectivity index (χ4v) is 3.49. The second kappa shape index (κ2) is 10.0. The molecule has 1 aromatic heterocycles. The number of guanidine groups is 1. The van der Waals surface area contributed by atoms with Gasteiger partial charge in [-0.05, 0) is 57.3 Å². The third-order valence-electron chi connectivity index (χ3n) is 5.06. The summed E-state index contributed by atoms with van der Waals surface area (Å²) in [5.74, 6) is 1.33. The molecule has 27 heavy (non-hydrogen) atoms. The summed E-state index contributed by atoms with van der Waals surface area (Å²) in [6.45, 7) is 4.58. The number of halogens is 3. The lowest BCUT2D eigenvalue weighted by molar-refractivity contribution is -0.148. The molecule has 1 saturated heterocycles. The highest BCUT2D eigenvalue weighted by Crippen LogP contribution is 2.24. The van der Waals surface area contributed by atoms with Crippen LogP contribution in [-0.4, -0.2) is 66.3 Å². The van der Waals surface area contributed by atoms with E-state index in [-0.39, 0.29) is 0 Å². The maximum atomic E-state index is 12.5. The first-order valence-corrected chi connectivity index (χ1v) is 9.67. The van der Waals surface area contributed by atoms with Gasteiger partial charge in [-0.25, -0.2) is 0 Å². The van der Waals surface area contributed by atoms with E-state index < -0.39 is 12.7 Å². The number of hydrogen-bond acceptors (Lipinski definition) is 2. The number of aryl methyl sites for hydroxylation is 1. The second-order valence-corrected chi connectivity index (χ2v) is 7.33. The van der Waals surface area contributed by atoms with Gasteiger partial charge in [0.05, 0.1) is 13.1 Å². The third kappa shape index (κ3) is 7.44. The van der Waals surface area contributed by atoms with Gasteiger partial charge in [-0.2, -0.15) is 13.2 Å². The van der Waals surface area contributed by atoms with Crippen LogP contribution in [-0.2, 0) is 13.6 Å². The van der Waals surface area contributed by atoms with Crippen molar-refractivity contribution in [1.82, 2.24) is 19.7 Å². The number of aromatic nitrogens is 1. The molecule has 0 saturated carbocycles. The van der Waals surface area contributed by atoms with E-state index in [1.54, 1.807) is 0 Å². The highest BCUT2D eigenvalue weighted by Gasteiger charge is 2.32. The zero-order valence-corrected chi connectivity index (χ0v) is 16.6. The monoisotopic (exact) mass is 387 g/mol. The van der Waals surface area contributed by atoms with Crippen molar-refractivity contribution in [3.05, 3.63) is 24.0 Å². The van der Waals surface area contributed by atoms with Crippen LogP contribution in [0.5, 0.6) is 0 Å². The second-order valence-electron chi connectivity index (χ2n) is 7.33. The van der Waals surface area contributed by atoms with Crippen LogP contribution in [0.2, 0.25) is 0 Å². The minimum atomic E-state index is -4.10. The van der Waals surface area contributed by atoms with Gasteiger partial charge in [0.25, 0.3) is 0 Å². The zero-order chi connectivity index (χ0) is 19.9. The molecule has 0 aromatic carbocycles. The van der Waals surface area contributed by atoms with Crippen molar-refractivity contribution in [3.8, 4) is 0 Å². The van der Waals surface area contributed by atoms with Crippen LogP contribution in [0.15, 0.2) is 23.3 Å². The SMILES string of the molecule is CCNC(=NCCC1CCN(CC(F)(F)F)CC1)N(C)Cc1cccn1C. The Balaban J connectivity index is 1.79. The predicted molar refractivity (Wildman–Crippen MR) is 103 cm³/mol. The van der Waals surface area contributed by atoms with Crippen LogP contribution in [0.3, 0.4) is 0 Å². The van der Waals surface area contributed by atoms with Gasteiger partial charge in [-0.15, -0.1) is 0 Å². The molecule has 154 valence electrons. The highest BCUT2D eigenvalue weighted by molar-refractivity contribution is 5.79. The number of alkyl halides is 3. The summed E-state index contributed by atoms with van der Waals surface area (Å²) in [6, 6.07) is 4.12. The first-order valence-electron chi connectivity index (χ1n) is 9.67. The van der Waals surface area contributed by atoms with Crippen LogP contribution in [0.4, 0.5) is 13.2 Å². The van der Waals surface area contributed by atoms with Gasteiger partial charge >= 0.3 is 6.18 Å². The summed E-state index contributed by atoms with van der Waals surface area (Å²) < 4.78 is 39.5. The van der Waals surface area contributed by atoms with Gasteiger partial charge in [-0.1, -0.05) is 0 Å². The molecular weight excluding hydrogens is 355 g/mol. The third-order valence-corrected chi connectivity index (χ3v) is 5.06. The Morgan fingerprint density at radius 2 is 2.04 bits per heavy atom. The van der Waals surface area contributed by atoms with Crippen molar-refractivity contribution in [1.29, 1.82) is 0 Å². The number of piperidine rings is 1. The number of likely N-dealkylation sites (tertiary alicyclic amines) is 1. The zero-order valence-electron chi connectivity index (χ0n) is 16.6. The first kappa shape index (κ1) is 21.6. The lowest BCUT2D eigenvalue weighted by Crippen LogP contribution is -2.40. The molecule has 0 radical (unpaired) electrons. The maximum Gasteiger partial charge on any atom is 0.401 e. The van der Waals surface area contributed by atoms with Gasteiger partial charge in [0.2, 0.25) is 0 Å². The van der Waals surface area contributed by atoms with E-state index in [1.807, 2.05) is 33.3 Å². The van der Waals surface area contributed by atoms with Crippen LogP contribution in [0, 0.1) is 5.92 Å². The lowest BCUT2D eigenvalue weighted by Gasteiger charge is -2.32. The fraction of sp³-hybridized carbons (Fsp3) is 0.737. The smallest absolute Gasteiger partial charge is 0.357 e. The molecule has 1 fully saturated rings. The molecule has 2 heterocycles. The Kier molecular flexibility index (Phi) is 8.01. The van der Waals surface area contributed by atoms with E-state index in [4.69, 9.17) is 4.99 Å². The van der Waals surface area contributed by atoms with Crippen molar-refractivity contribution >= 4 is 5.96 Å². The van der Waals surface area contributed by atoms with Crippen LogP contribution >= 0.6 is 0 Å². The molecule has 2 rings (SSSR count). The molecule has 0 spiro atoms. The molecule has 0 unspecified atom stereocenters. The van der Waals surface area contributed by atoms with Crippen LogP contribution in [0.25, 0.3) is 0 Å². The summed E-state index contributed by atoms with van der Waals surface area (Å²) in [6.07, 6.45) is 0.495. The molecule has 0 atom stereocenters. The summed E-state index contributed by atoms with van der Waals surface area (Å²) in [7, 11) is 4.04. The minimum absolute atomic E-state index is 0.458. The number of nitrogens with zero attached hydrogens (tertiary/aromatic N) is 4. The summed E-state index contributed by atoms with van der Waals surface area (Å²) >= 11 is 0. The summed E-state index contributed by atoms with van der Waals surface area (Å²) in [4.78, 5) is 8.34. The summed E-state index contributed by atoms with van der Waals surface area (Å²) in [5, 5.41) is 3.32. The van der Waals surface area contributed by atoms with Gasteiger partial charge in [0.1, 0.15) is 0 Å². The Labute approximate surface area is 160 Å². The maximum absolute atomic E-state index is 12.5. The molecule has 1 aliphatic rings. The van der Waals surface area contributed by atoms with E-state index in [9.17, 15) is 13.2 Å². The van der Waals surface area contributed by atoms with Crippen LogP contribution < -0.4 is 5.32 Å². The molecule has 0 bridgehead atoms. The van der Waals surface area contributed by atoms with Gasteiger partial charge in [0, 0.05) is 39.1 Å². The van der Waals surface area contributed by atoms with Crippen molar-refractivity contribution < 1.29 is 13.2 Å². The molecular formula is C19H32F3N5. The average molecular weight is 387 g/mol. The number of rotatable bonds is 7. The average Bonchev–Trinajstić information content (AvgIpc) is 2.99. The van der Waals surface area contributed by atoms with E-state index in [2.05, 4.69) is 20.9 Å². The quantitative estimate of drug-likeness (QED) is 0.577. The van der Waals surface area contributed by atoms with E-state index in [0.29, 0.717) is 25.6 Å². The van der Waals surface area contributed by atoms with E-state index in [0.717, 1.165) is 38.3 Å². The molecule has 0 amide bonds. The predicted octanol–water partition coefficient (Wildman–Crippen LogP) is 3.09. The minimum Gasteiger partial charge on any atom is -0.357 e. The topological polar surface area (TPSA) is 35.8 Å². The van der Waals surface area contributed by atoms with Gasteiger partial charge in [0.15, 0.2) is 5.96 Å².